The maximum atomic E-state index is 12.1. The van der Waals surface area contributed by atoms with E-state index >= 15 is 0 Å². The molecule has 0 saturated heterocycles. The highest BCUT2D eigenvalue weighted by molar-refractivity contribution is 5.58. The Labute approximate surface area is 155 Å². The van der Waals surface area contributed by atoms with Gasteiger partial charge in [0.2, 0.25) is 0 Å². The molecule has 0 fully saturated rings. The van der Waals surface area contributed by atoms with Gasteiger partial charge in [-0.1, -0.05) is 11.6 Å². The predicted molar refractivity (Wildman–Crippen MR) is 102 cm³/mol. The van der Waals surface area contributed by atoms with E-state index in [9.17, 15) is 13.9 Å². The van der Waals surface area contributed by atoms with Crippen LogP contribution in [0.5, 0.6) is 11.5 Å². The van der Waals surface area contributed by atoms with Crippen LogP contribution in [-0.2, 0) is 6.42 Å². The summed E-state index contributed by atoms with van der Waals surface area (Å²) in [6.45, 7) is 10.0. The van der Waals surface area contributed by atoms with Crippen molar-refractivity contribution in [2.75, 3.05) is 0 Å². The Bertz CT molecular complexity index is 730. The second kappa shape index (κ2) is 8.24. The minimum Gasteiger partial charge on any atom is -0.507 e. The van der Waals surface area contributed by atoms with E-state index < -0.39 is 6.08 Å². The average molecular weight is 364 g/mol. The summed E-state index contributed by atoms with van der Waals surface area (Å²) in [7, 11) is 0. The van der Waals surface area contributed by atoms with Gasteiger partial charge >= 0.3 is 0 Å². The Morgan fingerprint density at radius 1 is 1.12 bits per heavy atom. The van der Waals surface area contributed by atoms with Gasteiger partial charge in [-0.25, -0.2) is 0 Å². The second-order valence-corrected chi connectivity index (χ2v) is 7.70. The molecule has 0 amide bonds. The molecule has 1 aromatic carbocycles. The molecular formula is C22H30F2O2. The van der Waals surface area contributed by atoms with Crippen molar-refractivity contribution in [1.29, 1.82) is 0 Å². The number of benzene rings is 1. The zero-order chi connectivity index (χ0) is 19.5. The van der Waals surface area contributed by atoms with E-state index in [1.807, 2.05) is 27.7 Å². The molecule has 1 aliphatic heterocycles. The molecule has 2 nitrogen and oxygen atoms in total. The van der Waals surface area contributed by atoms with E-state index in [0.717, 1.165) is 65.3 Å². The fourth-order valence-corrected chi connectivity index (χ4v) is 3.61. The van der Waals surface area contributed by atoms with Crippen molar-refractivity contribution in [2.45, 2.75) is 78.7 Å². The zero-order valence-corrected chi connectivity index (χ0v) is 16.5. The molecule has 26 heavy (non-hydrogen) atoms. The second-order valence-electron chi connectivity index (χ2n) is 7.70. The maximum Gasteiger partial charge on any atom is 0.266 e. The minimum absolute atomic E-state index is 0.241. The average Bonchev–Trinajstić information content (AvgIpc) is 2.57. The van der Waals surface area contributed by atoms with Crippen LogP contribution in [0.15, 0.2) is 23.8 Å². The SMILES string of the molecule is C/C(=C\CC[C@]1(C)CCc2c(C)c(O)c(C)c(C)c2O1)CCC=C(F)F. The summed E-state index contributed by atoms with van der Waals surface area (Å²) in [4.78, 5) is 0. The summed E-state index contributed by atoms with van der Waals surface area (Å²) in [5, 5.41) is 10.3. The van der Waals surface area contributed by atoms with Gasteiger partial charge in [-0.05, 0) is 95.9 Å². The lowest BCUT2D eigenvalue weighted by atomic mass is 9.85. The van der Waals surface area contributed by atoms with Gasteiger partial charge in [0.15, 0.2) is 0 Å². The number of hydrogen-bond acceptors (Lipinski definition) is 2. The lowest BCUT2D eigenvalue weighted by molar-refractivity contribution is 0.0558. The molecule has 1 heterocycles. The third kappa shape index (κ3) is 4.66. The summed E-state index contributed by atoms with van der Waals surface area (Å²) in [5.41, 5.74) is 4.84. The van der Waals surface area contributed by atoms with E-state index in [-0.39, 0.29) is 5.60 Å². The molecule has 1 N–H and O–H groups in total. The maximum absolute atomic E-state index is 12.1. The molecule has 0 spiro atoms. The van der Waals surface area contributed by atoms with Crippen LogP contribution in [0.3, 0.4) is 0 Å². The summed E-state index contributed by atoms with van der Waals surface area (Å²) < 4.78 is 30.6. The number of aromatic hydroxyl groups is 1. The van der Waals surface area contributed by atoms with Crippen molar-refractivity contribution in [3.05, 3.63) is 46.1 Å². The molecule has 0 aromatic heterocycles. The third-order valence-corrected chi connectivity index (χ3v) is 5.60. The largest absolute Gasteiger partial charge is 0.507 e. The monoisotopic (exact) mass is 364 g/mol. The lowest BCUT2D eigenvalue weighted by Crippen LogP contribution is -2.37. The molecule has 2 rings (SSSR count). The number of allylic oxidation sites excluding steroid dienone is 3. The molecule has 0 bridgehead atoms. The van der Waals surface area contributed by atoms with Crippen molar-refractivity contribution >= 4 is 0 Å². The van der Waals surface area contributed by atoms with Crippen molar-refractivity contribution in [3.63, 3.8) is 0 Å². The number of ether oxygens (including phenoxy) is 1. The summed E-state index contributed by atoms with van der Waals surface area (Å²) in [6.07, 6.45) is 6.11. The van der Waals surface area contributed by atoms with Gasteiger partial charge in [-0.3, -0.25) is 0 Å². The molecule has 0 radical (unpaired) electrons. The molecule has 4 heteroatoms. The van der Waals surface area contributed by atoms with Gasteiger partial charge in [0, 0.05) is 5.56 Å². The topological polar surface area (TPSA) is 29.5 Å². The highest BCUT2D eigenvalue weighted by atomic mass is 19.3. The first kappa shape index (κ1) is 20.5. The van der Waals surface area contributed by atoms with E-state index in [0.29, 0.717) is 18.6 Å². The van der Waals surface area contributed by atoms with E-state index in [4.69, 9.17) is 4.74 Å². The summed E-state index contributed by atoms with van der Waals surface area (Å²) >= 11 is 0. The molecule has 1 aromatic rings. The standard InChI is InChI=1S/C22H30F2O2/c1-14(8-6-10-19(23)24)9-7-12-22(5)13-11-18-17(4)20(25)15(2)16(3)21(18)26-22/h9-10,25H,6-8,11-13H2,1-5H3/b14-9+/t22-/m1/s1. The number of rotatable bonds is 6. The van der Waals surface area contributed by atoms with Crippen LogP contribution in [0, 0.1) is 20.8 Å². The van der Waals surface area contributed by atoms with Crippen molar-refractivity contribution in [1.82, 2.24) is 0 Å². The van der Waals surface area contributed by atoms with Crippen LogP contribution in [0.4, 0.5) is 8.78 Å². The third-order valence-electron chi connectivity index (χ3n) is 5.60. The molecular weight excluding hydrogens is 334 g/mol. The van der Waals surface area contributed by atoms with Crippen LogP contribution in [0.25, 0.3) is 0 Å². The van der Waals surface area contributed by atoms with Gasteiger partial charge in [0.05, 0.1) is 0 Å². The van der Waals surface area contributed by atoms with Crippen LogP contribution in [0.1, 0.15) is 68.2 Å². The van der Waals surface area contributed by atoms with E-state index in [1.54, 1.807) is 0 Å². The molecule has 0 unspecified atom stereocenters. The van der Waals surface area contributed by atoms with E-state index in [1.165, 1.54) is 0 Å². The van der Waals surface area contributed by atoms with Crippen molar-refractivity contribution in [3.8, 4) is 11.5 Å². The van der Waals surface area contributed by atoms with Crippen LogP contribution in [0.2, 0.25) is 0 Å². The Kier molecular flexibility index (Phi) is 6.48. The van der Waals surface area contributed by atoms with Gasteiger partial charge in [0.1, 0.15) is 17.1 Å². The first-order chi connectivity index (χ1) is 12.1. The predicted octanol–water partition coefficient (Wildman–Crippen LogP) is 6.69. The number of phenolic OH excluding ortho intramolecular Hbond substituents is 1. The highest BCUT2D eigenvalue weighted by Gasteiger charge is 2.33. The number of hydrogen-bond donors (Lipinski definition) is 1. The Hall–Kier alpha value is -1.84. The fourth-order valence-electron chi connectivity index (χ4n) is 3.61. The first-order valence-corrected chi connectivity index (χ1v) is 9.32. The van der Waals surface area contributed by atoms with Gasteiger partial charge in [-0.15, -0.1) is 0 Å². The zero-order valence-electron chi connectivity index (χ0n) is 16.5. The van der Waals surface area contributed by atoms with Gasteiger partial charge in [0.25, 0.3) is 6.08 Å². The minimum atomic E-state index is -1.61. The van der Waals surface area contributed by atoms with Crippen molar-refractivity contribution in [2.24, 2.45) is 0 Å². The van der Waals surface area contributed by atoms with Crippen LogP contribution < -0.4 is 4.74 Å². The number of fused-ring (bicyclic) bond motifs is 1. The molecule has 144 valence electrons. The first-order valence-electron chi connectivity index (χ1n) is 9.32. The van der Waals surface area contributed by atoms with Crippen LogP contribution in [-0.4, -0.2) is 10.7 Å². The molecule has 0 aliphatic carbocycles. The summed E-state index contributed by atoms with van der Waals surface area (Å²) in [5.74, 6) is 1.31. The van der Waals surface area contributed by atoms with Crippen LogP contribution >= 0.6 is 0 Å². The Morgan fingerprint density at radius 3 is 2.46 bits per heavy atom. The molecule has 1 aliphatic rings. The van der Waals surface area contributed by atoms with Crippen molar-refractivity contribution < 1.29 is 18.6 Å². The Balaban J connectivity index is 2.04. The van der Waals surface area contributed by atoms with Gasteiger partial charge < -0.3 is 9.84 Å². The smallest absolute Gasteiger partial charge is 0.266 e. The summed E-state index contributed by atoms with van der Waals surface area (Å²) in [6, 6.07) is 0. The number of halogens is 2. The molecule has 1 atom stereocenters. The Morgan fingerprint density at radius 2 is 1.81 bits per heavy atom. The lowest BCUT2D eigenvalue weighted by Gasteiger charge is -2.38. The van der Waals surface area contributed by atoms with Gasteiger partial charge in [-0.2, -0.15) is 8.78 Å². The highest BCUT2D eigenvalue weighted by Crippen LogP contribution is 2.44. The number of phenols is 1. The quantitative estimate of drug-likeness (QED) is 0.570. The fraction of sp³-hybridized carbons (Fsp3) is 0.545. The molecule has 0 saturated carbocycles. The van der Waals surface area contributed by atoms with E-state index in [2.05, 4.69) is 13.0 Å². The normalized spacial score (nSPS) is 19.7.